The number of carboxylic acids is 1. The van der Waals surface area contributed by atoms with Gasteiger partial charge in [0.25, 0.3) is 0 Å². The molecule has 3 heteroatoms. The van der Waals surface area contributed by atoms with Crippen LogP contribution in [0.1, 0.15) is 33.1 Å². The summed E-state index contributed by atoms with van der Waals surface area (Å²) in [5.74, 6) is -0.894. The Morgan fingerprint density at radius 2 is 1.67 bits per heavy atom. The Balaban J connectivity index is 3.54. The van der Waals surface area contributed by atoms with Crippen molar-refractivity contribution in [3.8, 4) is 0 Å². The highest BCUT2D eigenvalue weighted by Crippen LogP contribution is 2.37. The number of carbonyl (C=O) groups excluding carboxylic acids is 1. The number of carboxylic acid groups (broad SMARTS) is 1. The average Bonchev–Trinajstić information content (AvgIpc) is 2.01. The third-order valence-corrected chi connectivity index (χ3v) is 4.73. The normalized spacial score (nSPS) is 10.6. The van der Waals surface area contributed by atoms with Crippen molar-refractivity contribution in [2.45, 2.75) is 33.1 Å². The van der Waals surface area contributed by atoms with Crippen molar-refractivity contribution in [3.63, 3.8) is 0 Å². The van der Waals surface area contributed by atoms with Crippen molar-refractivity contribution in [3.05, 3.63) is 0 Å². The van der Waals surface area contributed by atoms with Crippen LogP contribution in [-0.2, 0) is 4.79 Å². The first-order chi connectivity index (χ1) is 5.70. The molecular formula is C9H18O2P-. The van der Waals surface area contributed by atoms with Gasteiger partial charge in [-0.2, -0.15) is 0 Å². The lowest BCUT2D eigenvalue weighted by atomic mass is 10.5. The second-order valence-electron chi connectivity index (χ2n) is 2.96. The molecule has 0 unspecified atom stereocenters. The Bertz CT molecular complexity index is 120. The molecule has 0 rings (SSSR count). The molecule has 0 spiro atoms. The first-order valence-corrected chi connectivity index (χ1v) is 6.52. The Morgan fingerprint density at radius 3 is 2.00 bits per heavy atom. The summed E-state index contributed by atoms with van der Waals surface area (Å²) in [7, 11) is -0.0142. The molecule has 0 aromatic heterocycles. The zero-order chi connectivity index (χ0) is 9.40. The van der Waals surface area contributed by atoms with Crippen molar-refractivity contribution in [1.82, 2.24) is 0 Å². The van der Waals surface area contributed by atoms with Crippen LogP contribution in [0.15, 0.2) is 0 Å². The van der Waals surface area contributed by atoms with Crippen molar-refractivity contribution in [2.75, 3.05) is 18.5 Å². The van der Waals surface area contributed by atoms with Gasteiger partial charge in [-0.1, -0.05) is 26.7 Å². The van der Waals surface area contributed by atoms with Gasteiger partial charge in [0.2, 0.25) is 0 Å². The van der Waals surface area contributed by atoms with E-state index in [1.54, 1.807) is 0 Å². The molecule has 0 amide bonds. The highest BCUT2D eigenvalue weighted by Gasteiger charge is 2.04. The molecule has 0 aliphatic carbocycles. The summed E-state index contributed by atoms with van der Waals surface area (Å²) in [6.07, 6.45) is 5.91. The van der Waals surface area contributed by atoms with Crippen molar-refractivity contribution in [1.29, 1.82) is 0 Å². The van der Waals surface area contributed by atoms with Crippen LogP contribution in [0.4, 0.5) is 0 Å². The van der Waals surface area contributed by atoms with Crippen LogP contribution in [0.5, 0.6) is 0 Å². The summed E-state index contributed by atoms with van der Waals surface area (Å²) in [6, 6.07) is 0. The predicted octanol–water partition coefficient (Wildman–Crippen LogP) is 1.43. The molecule has 0 saturated carbocycles. The number of carbonyl (C=O) groups is 1. The van der Waals surface area contributed by atoms with Crippen LogP contribution in [-0.4, -0.2) is 24.5 Å². The van der Waals surface area contributed by atoms with Crippen LogP contribution in [0.3, 0.4) is 0 Å². The largest absolute Gasteiger partial charge is 0.550 e. The van der Waals surface area contributed by atoms with E-state index in [1.165, 1.54) is 25.2 Å². The minimum absolute atomic E-state index is 0.0142. The molecule has 0 aromatic carbocycles. The minimum atomic E-state index is -0.894. The molecule has 0 radical (unpaired) electrons. The topological polar surface area (TPSA) is 40.1 Å². The van der Waals surface area contributed by atoms with Gasteiger partial charge in [0.15, 0.2) is 0 Å². The third kappa shape index (κ3) is 6.60. The Labute approximate surface area is 76.1 Å². The number of hydrogen-bond acceptors (Lipinski definition) is 2. The van der Waals surface area contributed by atoms with Crippen LogP contribution in [0.2, 0.25) is 0 Å². The minimum Gasteiger partial charge on any atom is -0.550 e. The van der Waals surface area contributed by atoms with Gasteiger partial charge in [-0.15, -0.1) is 7.92 Å². The third-order valence-electron chi connectivity index (χ3n) is 1.71. The van der Waals surface area contributed by atoms with Crippen LogP contribution in [0.25, 0.3) is 0 Å². The van der Waals surface area contributed by atoms with Gasteiger partial charge in [0.1, 0.15) is 0 Å². The maximum Gasteiger partial charge on any atom is 0.0417 e. The number of hydrogen-bond donors (Lipinski definition) is 0. The molecule has 0 fully saturated rings. The highest BCUT2D eigenvalue weighted by atomic mass is 31.1. The Kier molecular flexibility index (Phi) is 7.48. The molecule has 2 nitrogen and oxygen atoms in total. The molecule has 12 heavy (non-hydrogen) atoms. The Hall–Kier alpha value is -0.100. The molecule has 0 aliphatic rings. The molecule has 0 heterocycles. The first kappa shape index (κ1) is 11.9. The molecule has 0 atom stereocenters. The molecule has 0 saturated heterocycles. The molecular weight excluding hydrogens is 171 g/mol. The molecule has 0 bridgehead atoms. The lowest BCUT2D eigenvalue weighted by Crippen LogP contribution is -2.22. The Morgan fingerprint density at radius 1 is 1.17 bits per heavy atom. The zero-order valence-corrected chi connectivity index (χ0v) is 8.90. The fourth-order valence-corrected chi connectivity index (χ4v) is 3.65. The van der Waals surface area contributed by atoms with Gasteiger partial charge < -0.3 is 9.90 Å². The first-order valence-electron chi connectivity index (χ1n) is 4.62. The molecule has 0 aliphatic heterocycles. The lowest BCUT2D eigenvalue weighted by Gasteiger charge is -2.15. The van der Waals surface area contributed by atoms with E-state index in [0.29, 0.717) is 0 Å². The van der Waals surface area contributed by atoms with Gasteiger partial charge in [-0.3, -0.25) is 0 Å². The number of aliphatic carboxylic acids is 1. The SMILES string of the molecule is CCCP(CCC)CCC(=O)[O-]. The summed E-state index contributed by atoms with van der Waals surface area (Å²) in [6.45, 7) is 4.31. The van der Waals surface area contributed by atoms with Crippen LogP contribution in [0, 0.1) is 0 Å². The summed E-state index contributed by atoms with van der Waals surface area (Å²) in [4.78, 5) is 10.2. The van der Waals surface area contributed by atoms with Crippen molar-refractivity contribution in [2.24, 2.45) is 0 Å². The monoisotopic (exact) mass is 189 g/mol. The molecule has 0 aromatic rings. The van der Waals surface area contributed by atoms with E-state index in [-0.39, 0.29) is 14.3 Å². The lowest BCUT2D eigenvalue weighted by molar-refractivity contribution is -0.305. The summed E-state index contributed by atoms with van der Waals surface area (Å²) in [5, 5.41) is 10.2. The smallest absolute Gasteiger partial charge is 0.0417 e. The van der Waals surface area contributed by atoms with E-state index in [9.17, 15) is 9.90 Å². The van der Waals surface area contributed by atoms with E-state index in [1.807, 2.05) is 0 Å². The van der Waals surface area contributed by atoms with E-state index < -0.39 is 5.97 Å². The zero-order valence-electron chi connectivity index (χ0n) is 8.01. The summed E-state index contributed by atoms with van der Waals surface area (Å²) in [5.41, 5.74) is 0. The van der Waals surface area contributed by atoms with Crippen LogP contribution < -0.4 is 5.11 Å². The highest BCUT2D eigenvalue weighted by molar-refractivity contribution is 7.57. The van der Waals surface area contributed by atoms with Gasteiger partial charge in [-0.25, -0.2) is 0 Å². The van der Waals surface area contributed by atoms with E-state index in [2.05, 4.69) is 13.8 Å². The standard InChI is InChI=1S/C9H19O2P/c1-3-6-12(7-4-2)8-5-9(10)11/h3-8H2,1-2H3,(H,10,11)/p-1. The molecule has 0 N–H and O–H groups in total. The maximum absolute atomic E-state index is 10.2. The van der Waals surface area contributed by atoms with Gasteiger partial charge in [-0.05, 0) is 24.9 Å². The second-order valence-corrected chi connectivity index (χ2v) is 5.65. The second kappa shape index (κ2) is 7.54. The number of rotatable bonds is 7. The quantitative estimate of drug-likeness (QED) is 0.568. The predicted molar refractivity (Wildman–Crippen MR) is 51.7 cm³/mol. The van der Waals surface area contributed by atoms with Gasteiger partial charge >= 0.3 is 0 Å². The van der Waals surface area contributed by atoms with E-state index >= 15 is 0 Å². The average molecular weight is 189 g/mol. The fraction of sp³-hybridized carbons (Fsp3) is 0.889. The van der Waals surface area contributed by atoms with E-state index in [0.717, 1.165) is 6.16 Å². The van der Waals surface area contributed by atoms with Crippen molar-refractivity contribution < 1.29 is 9.90 Å². The maximum atomic E-state index is 10.2. The van der Waals surface area contributed by atoms with Gasteiger partial charge in [0, 0.05) is 5.97 Å². The van der Waals surface area contributed by atoms with E-state index in [4.69, 9.17) is 0 Å². The van der Waals surface area contributed by atoms with Crippen LogP contribution >= 0.6 is 7.92 Å². The molecule has 72 valence electrons. The summed E-state index contributed by atoms with van der Waals surface area (Å²) >= 11 is 0. The van der Waals surface area contributed by atoms with Gasteiger partial charge in [0.05, 0.1) is 0 Å². The van der Waals surface area contributed by atoms with Crippen molar-refractivity contribution >= 4 is 13.9 Å². The fourth-order valence-electron chi connectivity index (χ4n) is 1.22. The summed E-state index contributed by atoms with van der Waals surface area (Å²) < 4.78 is 0.